The SMILES string of the molecule is C1=C2SCN=C2Sc2ccccc21. The standard InChI is InChI=1S/C10H7NS2/c1-2-4-8-7(3-1)5-9-10(13-8)11-6-12-9/h1-5H,6H2. The predicted molar refractivity (Wildman–Crippen MR) is 60.2 cm³/mol. The highest BCUT2D eigenvalue weighted by molar-refractivity contribution is 8.18. The Kier molecular flexibility index (Phi) is 1.73. The largest absolute Gasteiger partial charge is 0.266 e. The molecule has 64 valence electrons. The van der Waals surface area contributed by atoms with E-state index in [1.807, 2.05) is 11.8 Å². The molecular weight excluding hydrogens is 198 g/mol. The molecule has 0 unspecified atom stereocenters. The highest BCUT2D eigenvalue weighted by Gasteiger charge is 2.20. The lowest BCUT2D eigenvalue weighted by molar-refractivity contribution is 1.41. The summed E-state index contributed by atoms with van der Waals surface area (Å²) >= 11 is 3.61. The lowest BCUT2D eigenvalue weighted by Crippen LogP contribution is -1.96. The molecule has 0 aromatic heterocycles. The molecule has 3 rings (SSSR count). The van der Waals surface area contributed by atoms with Gasteiger partial charge in [0.15, 0.2) is 0 Å². The van der Waals surface area contributed by atoms with E-state index in [2.05, 4.69) is 35.3 Å². The van der Waals surface area contributed by atoms with E-state index in [9.17, 15) is 0 Å². The lowest BCUT2D eigenvalue weighted by Gasteiger charge is -2.12. The Morgan fingerprint density at radius 2 is 2.15 bits per heavy atom. The predicted octanol–water partition coefficient (Wildman–Crippen LogP) is 3.24. The molecule has 0 amide bonds. The van der Waals surface area contributed by atoms with Gasteiger partial charge in [-0.05, 0) is 17.7 Å². The van der Waals surface area contributed by atoms with E-state index in [4.69, 9.17) is 0 Å². The summed E-state index contributed by atoms with van der Waals surface area (Å²) in [5.74, 6) is 0.891. The van der Waals surface area contributed by atoms with Crippen LogP contribution in [0.2, 0.25) is 0 Å². The molecule has 2 heterocycles. The van der Waals surface area contributed by atoms with Gasteiger partial charge in [-0.25, -0.2) is 0 Å². The van der Waals surface area contributed by atoms with Crippen LogP contribution in [0.15, 0.2) is 39.1 Å². The Balaban J connectivity index is 2.18. The second-order valence-electron chi connectivity index (χ2n) is 2.89. The van der Waals surface area contributed by atoms with Crippen LogP contribution in [-0.4, -0.2) is 10.9 Å². The molecular formula is C10H7NS2. The number of thioether (sulfide) groups is 2. The molecule has 2 aliphatic rings. The minimum Gasteiger partial charge on any atom is -0.266 e. The lowest BCUT2D eigenvalue weighted by atomic mass is 10.2. The summed E-state index contributed by atoms with van der Waals surface area (Å²) < 4.78 is 0. The Bertz CT molecular complexity index is 421. The minimum absolute atomic E-state index is 0.891. The molecule has 1 nitrogen and oxygen atoms in total. The summed E-state index contributed by atoms with van der Waals surface area (Å²) in [4.78, 5) is 7.09. The van der Waals surface area contributed by atoms with Gasteiger partial charge in [0.25, 0.3) is 0 Å². The van der Waals surface area contributed by atoms with Crippen LogP contribution in [0.5, 0.6) is 0 Å². The molecule has 0 aliphatic carbocycles. The van der Waals surface area contributed by atoms with Gasteiger partial charge in [0.2, 0.25) is 0 Å². The molecule has 2 aliphatic heterocycles. The fourth-order valence-electron chi connectivity index (χ4n) is 1.42. The minimum atomic E-state index is 0.891. The first-order valence-corrected chi connectivity index (χ1v) is 5.90. The van der Waals surface area contributed by atoms with Crippen LogP contribution < -0.4 is 0 Å². The third-order valence-electron chi connectivity index (χ3n) is 2.05. The van der Waals surface area contributed by atoms with E-state index in [0.29, 0.717) is 0 Å². The summed E-state index contributed by atoms with van der Waals surface area (Å²) in [6.45, 7) is 0. The topological polar surface area (TPSA) is 12.4 Å². The van der Waals surface area contributed by atoms with Gasteiger partial charge in [-0.15, -0.1) is 0 Å². The monoisotopic (exact) mass is 205 g/mol. The highest BCUT2D eigenvalue weighted by atomic mass is 32.2. The van der Waals surface area contributed by atoms with Crippen LogP contribution in [0.4, 0.5) is 0 Å². The summed E-state index contributed by atoms with van der Waals surface area (Å²) in [6, 6.07) is 8.47. The Morgan fingerprint density at radius 3 is 3.15 bits per heavy atom. The first kappa shape index (κ1) is 7.71. The summed E-state index contributed by atoms with van der Waals surface area (Å²) in [6.07, 6.45) is 2.24. The van der Waals surface area contributed by atoms with Crippen LogP contribution in [-0.2, 0) is 0 Å². The van der Waals surface area contributed by atoms with Crippen molar-refractivity contribution < 1.29 is 0 Å². The number of benzene rings is 1. The second-order valence-corrected chi connectivity index (χ2v) is 4.90. The van der Waals surface area contributed by atoms with E-state index in [1.165, 1.54) is 20.4 Å². The summed E-state index contributed by atoms with van der Waals surface area (Å²) in [7, 11) is 0. The smallest absolute Gasteiger partial charge is 0.110 e. The van der Waals surface area contributed by atoms with Gasteiger partial charge < -0.3 is 0 Å². The van der Waals surface area contributed by atoms with Gasteiger partial charge in [-0.3, -0.25) is 4.99 Å². The molecule has 0 atom stereocenters. The summed E-state index contributed by atoms with van der Waals surface area (Å²) in [5.41, 5.74) is 1.33. The van der Waals surface area contributed by atoms with Crippen molar-refractivity contribution in [2.75, 3.05) is 5.88 Å². The van der Waals surface area contributed by atoms with Gasteiger partial charge in [-0.2, -0.15) is 0 Å². The van der Waals surface area contributed by atoms with Crippen molar-refractivity contribution in [2.24, 2.45) is 4.99 Å². The maximum absolute atomic E-state index is 4.43. The highest BCUT2D eigenvalue weighted by Crippen LogP contribution is 2.41. The van der Waals surface area contributed by atoms with Crippen molar-refractivity contribution in [2.45, 2.75) is 4.90 Å². The molecule has 1 aromatic rings. The zero-order valence-electron chi connectivity index (χ0n) is 6.86. The van der Waals surface area contributed by atoms with Crippen molar-refractivity contribution in [3.05, 3.63) is 34.7 Å². The summed E-state index contributed by atoms with van der Waals surface area (Å²) in [5, 5.41) is 1.20. The third-order valence-corrected chi connectivity index (χ3v) is 4.19. The first-order chi connectivity index (χ1) is 6.43. The van der Waals surface area contributed by atoms with E-state index < -0.39 is 0 Å². The number of aliphatic imine (C=N–C) groups is 1. The van der Waals surface area contributed by atoms with Crippen LogP contribution >= 0.6 is 23.5 Å². The Hall–Kier alpha value is -0.670. The van der Waals surface area contributed by atoms with Crippen LogP contribution in [0.1, 0.15) is 5.56 Å². The molecule has 0 bridgehead atoms. The van der Waals surface area contributed by atoms with Crippen LogP contribution in [0.3, 0.4) is 0 Å². The fraction of sp³-hybridized carbons (Fsp3) is 0.100. The van der Waals surface area contributed by atoms with Gasteiger partial charge in [-0.1, -0.05) is 41.7 Å². The number of hydrogen-bond acceptors (Lipinski definition) is 3. The van der Waals surface area contributed by atoms with E-state index >= 15 is 0 Å². The molecule has 13 heavy (non-hydrogen) atoms. The number of hydrogen-bond donors (Lipinski definition) is 0. The molecule has 0 radical (unpaired) electrons. The van der Waals surface area contributed by atoms with E-state index in [-0.39, 0.29) is 0 Å². The first-order valence-electron chi connectivity index (χ1n) is 4.10. The number of rotatable bonds is 0. The Labute approximate surface area is 85.3 Å². The second kappa shape index (κ2) is 2.93. The molecule has 0 saturated carbocycles. The van der Waals surface area contributed by atoms with Crippen molar-refractivity contribution in [1.82, 2.24) is 0 Å². The van der Waals surface area contributed by atoms with E-state index in [0.717, 1.165) is 5.88 Å². The maximum Gasteiger partial charge on any atom is 0.110 e. The third kappa shape index (κ3) is 1.23. The van der Waals surface area contributed by atoms with E-state index in [1.54, 1.807) is 11.8 Å². The number of nitrogens with zero attached hydrogens (tertiary/aromatic N) is 1. The quantitative estimate of drug-likeness (QED) is 0.644. The van der Waals surface area contributed by atoms with Crippen molar-refractivity contribution in [1.29, 1.82) is 0 Å². The van der Waals surface area contributed by atoms with Gasteiger partial charge >= 0.3 is 0 Å². The average Bonchev–Trinajstić information content (AvgIpc) is 2.61. The van der Waals surface area contributed by atoms with Crippen molar-refractivity contribution in [3.63, 3.8) is 0 Å². The molecule has 0 fully saturated rings. The zero-order chi connectivity index (χ0) is 8.67. The molecule has 0 N–H and O–H groups in total. The van der Waals surface area contributed by atoms with Crippen LogP contribution in [0, 0.1) is 0 Å². The van der Waals surface area contributed by atoms with Gasteiger partial charge in [0.05, 0.1) is 5.88 Å². The maximum atomic E-state index is 4.43. The molecule has 0 spiro atoms. The van der Waals surface area contributed by atoms with Crippen LogP contribution in [0.25, 0.3) is 6.08 Å². The normalized spacial score (nSPS) is 18.8. The Morgan fingerprint density at radius 1 is 1.23 bits per heavy atom. The van der Waals surface area contributed by atoms with Gasteiger partial charge in [0.1, 0.15) is 5.04 Å². The molecule has 0 saturated heterocycles. The molecule has 1 aromatic carbocycles. The van der Waals surface area contributed by atoms with Crippen molar-refractivity contribution >= 4 is 34.6 Å². The van der Waals surface area contributed by atoms with Crippen molar-refractivity contribution in [3.8, 4) is 0 Å². The number of fused-ring (bicyclic) bond motifs is 2. The van der Waals surface area contributed by atoms with Gasteiger partial charge in [0, 0.05) is 9.80 Å². The molecule has 3 heteroatoms. The average molecular weight is 205 g/mol. The fourth-order valence-corrected chi connectivity index (χ4v) is 3.43. The zero-order valence-corrected chi connectivity index (χ0v) is 8.49.